The van der Waals surface area contributed by atoms with Gasteiger partial charge in [-0.1, -0.05) is 23.7 Å². The molecule has 4 heteroatoms. The zero-order valence-electron chi connectivity index (χ0n) is 10.4. The summed E-state index contributed by atoms with van der Waals surface area (Å²) in [7, 11) is 0. The second-order valence-electron chi connectivity index (χ2n) is 4.97. The van der Waals surface area contributed by atoms with Crippen LogP contribution in [0.4, 0.5) is 0 Å². The lowest BCUT2D eigenvalue weighted by Crippen LogP contribution is -2.34. The van der Waals surface area contributed by atoms with E-state index in [1.165, 1.54) is 12.8 Å². The smallest absolute Gasteiger partial charge is 0.223 e. The third-order valence-corrected chi connectivity index (χ3v) is 3.60. The van der Waals surface area contributed by atoms with Gasteiger partial charge in [-0.2, -0.15) is 0 Å². The van der Waals surface area contributed by atoms with Crippen LogP contribution in [0.1, 0.15) is 37.9 Å². The summed E-state index contributed by atoms with van der Waals surface area (Å²) in [5.41, 5.74) is 0.716. The van der Waals surface area contributed by atoms with Gasteiger partial charge in [0.25, 0.3) is 0 Å². The molecule has 1 amide bonds. The summed E-state index contributed by atoms with van der Waals surface area (Å²) in [5, 5.41) is 13.5. The van der Waals surface area contributed by atoms with E-state index >= 15 is 0 Å². The highest BCUT2D eigenvalue weighted by Gasteiger charge is 2.29. The second kappa shape index (κ2) is 5.72. The number of nitrogens with one attached hydrogen (secondary N) is 1. The van der Waals surface area contributed by atoms with Crippen LogP contribution in [0.15, 0.2) is 24.3 Å². The monoisotopic (exact) mass is 267 g/mol. The van der Waals surface area contributed by atoms with E-state index in [1.54, 1.807) is 24.3 Å². The van der Waals surface area contributed by atoms with Crippen LogP contribution in [0.3, 0.4) is 0 Å². The minimum absolute atomic E-state index is 0.0959. The van der Waals surface area contributed by atoms with Gasteiger partial charge in [0.05, 0.1) is 12.5 Å². The van der Waals surface area contributed by atoms with Gasteiger partial charge in [0.2, 0.25) is 5.91 Å². The molecule has 1 aliphatic carbocycles. The summed E-state index contributed by atoms with van der Waals surface area (Å²) in [5.74, 6) is 0.526. The third kappa shape index (κ3) is 3.72. The minimum atomic E-state index is -0.770. The van der Waals surface area contributed by atoms with Crippen molar-refractivity contribution in [2.45, 2.75) is 38.3 Å². The molecular formula is C14H18ClNO2. The van der Waals surface area contributed by atoms with Gasteiger partial charge >= 0.3 is 0 Å². The van der Waals surface area contributed by atoms with Gasteiger partial charge in [-0.15, -0.1) is 0 Å². The van der Waals surface area contributed by atoms with Crippen molar-refractivity contribution in [1.29, 1.82) is 0 Å². The van der Waals surface area contributed by atoms with Crippen molar-refractivity contribution >= 4 is 17.5 Å². The molecule has 0 bridgehead atoms. The predicted molar refractivity (Wildman–Crippen MR) is 71.4 cm³/mol. The number of halogens is 1. The van der Waals surface area contributed by atoms with Gasteiger partial charge in [-0.3, -0.25) is 4.79 Å². The summed E-state index contributed by atoms with van der Waals surface area (Å²) < 4.78 is 0. The number of carbonyl (C=O) groups is 1. The molecule has 0 saturated heterocycles. The Balaban J connectivity index is 1.84. The van der Waals surface area contributed by atoms with Crippen LogP contribution in [0.5, 0.6) is 0 Å². The number of rotatable bonds is 5. The zero-order valence-corrected chi connectivity index (χ0v) is 11.2. The van der Waals surface area contributed by atoms with Crippen LogP contribution in [0.2, 0.25) is 5.02 Å². The Morgan fingerprint density at radius 3 is 2.61 bits per heavy atom. The molecule has 2 N–H and O–H groups in total. The molecule has 0 aromatic heterocycles. The fourth-order valence-corrected chi connectivity index (χ4v) is 2.13. The lowest BCUT2D eigenvalue weighted by Gasteiger charge is -2.15. The van der Waals surface area contributed by atoms with Crippen LogP contribution in [-0.2, 0) is 4.79 Å². The van der Waals surface area contributed by atoms with E-state index < -0.39 is 6.10 Å². The predicted octanol–water partition coefficient (Wildman–Crippen LogP) is 2.68. The Bertz CT molecular complexity index is 414. The lowest BCUT2D eigenvalue weighted by molar-refractivity contribution is -0.123. The highest BCUT2D eigenvalue weighted by atomic mass is 35.5. The molecule has 2 rings (SSSR count). The Morgan fingerprint density at radius 2 is 2.06 bits per heavy atom. The first-order valence-corrected chi connectivity index (χ1v) is 6.67. The van der Waals surface area contributed by atoms with Crippen LogP contribution < -0.4 is 5.32 Å². The number of hydrogen-bond acceptors (Lipinski definition) is 2. The summed E-state index contributed by atoms with van der Waals surface area (Å²) >= 11 is 5.77. The summed E-state index contributed by atoms with van der Waals surface area (Å²) in [6.45, 7) is 2.02. The molecule has 1 saturated carbocycles. The Morgan fingerprint density at radius 1 is 1.44 bits per heavy atom. The van der Waals surface area contributed by atoms with Crippen molar-refractivity contribution in [3.05, 3.63) is 34.9 Å². The highest BCUT2D eigenvalue weighted by Crippen LogP contribution is 2.32. The molecule has 1 fully saturated rings. The average molecular weight is 268 g/mol. The maximum Gasteiger partial charge on any atom is 0.223 e. The van der Waals surface area contributed by atoms with Crippen LogP contribution in [0, 0.1) is 5.92 Å². The second-order valence-corrected chi connectivity index (χ2v) is 5.40. The van der Waals surface area contributed by atoms with E-state index in [-0.39, 0.29) is 18.4 Å². The molecule has 0 radical (unpaired) electrons. The highest BCUT2D eigenvalue weighted by molar-refractivity contribution is 6.30. The van der Waals surface area contributed by atoms with Crippen molar-refractivity contribution in [3.8, 4) is 0 Å². The van der Waals surface area contributed by atoms with Gasteiger partial charge in [0, 0.05) is 11.1 Å². The molecule has 1 aromatic rings. The number of aliphatic hydroxyl groups is 1. The molecule has 2 unspecified atom stereocenters. The molecule has 0 spiro atoms. The standard InChI is InChI=1S/C14H18ClNO2/c1-9(10-2-3-10)16-14(18)8-13(17)11-4-6-12(15)7-5-11/h4-7,9-10,13,17H,2-3,8H2,1H3,(H,16,18). The normalized spacial score (nSPS) is 18.2. The van der Waals surface area contributed by atoms with E-state index in [0.717, 1.165) is 0 Å². The Kier molecular flexibility index (Phi) is 4.25. The first-order chi connectivity index (χ1) is 8.56. The number of aliphatic hydroxyl groups excluding tert-OH is 1. The fraction of sp³-hybridized carbons (Fsp3) is 0.500. The largest absolute Gasteiger partial charge is 0.388 e. The SMILES string of the molecule is CC(NC(=O)CC(O)c1ccc(Cl)cc1)C1CC1. The van der Waals surface area contributed by atoms with Crippen LogP contribution >= 0.6 is 11.6 Å². The van der Waals surface area contributed by atoms with Gasteiger partial charge in [0.1, 0.15) is 0 Å². The Labute approximate surface area is 112 Å². The number of benzene rings is 1. The maximum atomic E-state index is 11.7. The van der Waals surface area contributed by atoms with Crippen molar-refractivity contribution in [2.75, 3.05) is 0 Å². The van der Waals surface area contributed by atoms with Crippen molar-refractivity contribution in [3.63, 3.8) is 0 Å². The average Bonchev–Trinajstić information content (AvgIpc) is 3.13. The van der Waals surface area contributed by atoms with Crippen molar-refractivity contribution < 1.29 is 9.90 Å². The third-order valence-electron chi connectivity index (χ3n) is 3.35. The summed E-state index contributed by atoms with van der Waals surface area (Å²) in [6.07, 6.45) is 1.72. The van der Waals surface area contributed by atoms with Gasteiger partial charge in [0.15, 0.2) is 0 Å². The molecule has 98 valence electrons. The van der Waals surface area contributed by atoms with Crippen molar-refractivity contribution in [1.82, 2.24) is 5.32 Å². The summed E-state index contributed by atoms with van der Waals surface area (Å²) in [6, 6.07) is 7.13. The van der Waals surface area contributed by atoms with Crippen LogP contribution in [-0.4, -0.2) is 17.1 Å². The van der Waals surface area contributed by atoms with E-state index in [1.807, 2.05) is 6.92 Å². The Hall–Kier alpha value is -1.06. The van der Waals surface area contributed by atoms with Crippen molar-refractivity contribution in [2.24, 2.45) is 5.92 Å². The fourth-order valence-electron chi connectivity index (χ4n) is 2.01. The maximum absolute atomic E-state index is 11.7. The number of amides is 1. The van der Waals surface area contributed by atoms with Gasteiger partial charge in [-0.25, -0.2) is 0 Å². The molecule has 18 heavy (non-hydrogen) atoms. The zero-order chi connectivity index (χ0) is 13.1. The molecule has 3 nitrogen and oxygen atoms in total. The molecule has 1 aromatic carbocycles. The molecular weight excluding hydrogens is 250 g/mol. The van der Waals surface area contributed by atoms with E-state index in [0.29, 0.717) is 16.5 Å². The van der Waals surface area contributed by atoms with E-state index in [9.17, 15) is 9.90 Å². The summed E-state index contributed by atoms with van der Waals surface area (Å²) in [4.78, 5) is 11.7. The molecule has 2 atom stereocenters. The first-order valence-electron chi connectivity index (χ1n) is 6.29. The van der Waals surface area contributed by atoms with Gasteiger partial charge < -0.3 is 10.4 Å². The van der Waals surface area contributed by atoms with E-state index in [2.05, 4.69) is 5.32 Å². The molecule has 0 aliphatic heterocycles. The molecule has 0 heterocycles. The first kappa shape index (κ1) is 13.4. The topological polar surface area (TPSA) is 49.3 Å². The van der Waals surface area contributed by atoms with Crippen LogP contribution in [0.25, 0.3) is 0 Å². The lowest BCUT2D eigenvalue weighted by atomic mass is 10.1. The quantitative estimate of drug-likeness (QED) is 0.862. The number of hydrogen-bond donors (Lipinski definition) is 2. The van der Waals surface area contributed by atoms with Gasteiger partial charge in [-0.05, 0) is 43.4 Å². The molecule has 1 aliphatic rings. The number of carbonyl (C=O) groups excluding carboxylic acids is 1. The minimum Gasteiger partial charge on any atom is -0.388 e. The van der Waals surface area contributed by atoms with E-state index in [4.69, 9.17) is 11.6 Å².